The first-order valence-electron chi connectivity index (χ1n) is 5.77. The van der Waals surface area contributed by atoms with Gasteiger partial charge in [-0.1, -0.05) is 16.9 Å². The molecule has 1 aliphatic rings. The van der Waals surface area contributed by atoms with E-state index in [0.717, 1.165) is 31.7 Å². The van der Waals surface area contributed by atoms with Crippen molar-refractivity contribution in [1.82, 2.24) is 9.97 Å². The Labute approximate surface area is 110 Å². The van der Waals surface area contributed by atoms with Gasteiger partial charge in [-0.15, -0.1) is 0 Å². The number of hydrogen-bond acceptors (Lipinski definition) is 6. The van der Waals surface area contributed by atoms with E-state index in [9.17, 15) is 0 Å². The Morgan fingerprint density at radius 2 is 2.22 bits per heavy atom. The van der Waals surface area contributed by atoms with Gasteiger partial charge in [0, 0.05) is 24.2 Å². The summed E-state index contributed by atoms with van der Waals surface area (Å²) in [5, 5.41) is 12.8. The first-order chi connectivity index (χ1) is 8.69. The predicted octanol–water partition coefficient (Wildman–Crippen LogP) is 1.15. The van der Waals surface area contributed by atoms with Crippen molar-refractivity contribution in [2.45, 2.75) is 30.2 Å². The zero-order valence-corrected chi connectivity index (χ0v) is 11.0. The molecule has 0 aliphatic carbocycles. The zero-order chi connectivity index (χ0) is 13.0. The van der Waals surface area contributed by atoms with Gasteiger partial charge < -0.3 is 15.7 Å². The molecule has 0 atom stereocenters. The van der Waals surface area contributed by atoms with Crippen LogP contribution in [0.25, 0.3) is 0 Å². The molecule has 1 aromatic rings. The summed E-state index contributed by atoms with van der Waals surface area (Å²) in [6.07, 6.45) is 2.00. The number of rotatable bonds is 3. The van der Waals surface area contributed by atoms with Crippen LogP contribution in [-0.2, 0) is 4.74 Å². The Balaban J connectivity index is 2.14. The van der Waals surface area contributed by atoms with Gasteiger partial charge in [0.05, 0.1) is 0 Å². The molecule has 0 saturated carbocycles. The fraction of sp³-hybridized carbons (Fsp3) is 0.545. The zero-order valence-electron chi connectivity index (χ0n) is 10.2. The van der Waals surface area contributed by atoms with E-state index in [0.29, 0.717) is 16.1 Å². The third-order valence-electron chi connectivity index (χ3n) is 2.64. The molecule has 1 aliphatic heterocycles. The van der Waals surface area contributed by atoms with Crippen LogP contribution in [0.5, 0.6) is 0 Å². The summed E-state index contributed by atoms with van der Waals surface area (Å²) < 4.78 is 5.31. The summed E-state index contributed by atoms with van der Waals surface area (Å²) in [4.78, 5) is 8.66. The molecule has 0 unspecified atom stereocenters. The standard InChI is InChI=1S/C11H16N4O2S/c1-7-6-9(10(12)15-16)14-11(13-7)18-8-2-4-17-5-3-8/h6,8,16H,2-5H2,1H3,(H2,12,15). The number of oxime groups is 1. The first kappa shape index (κ1) is 13.1. The van der Waals surface area contributed by atoms with E-state index in [1.165, 1.54) is 0 Å². The van der Waals surface area contributed by atoms with Gasteiger partial charge in [0.2, 0.25) is 0 Å². The number of nitrogens with two attached hydrogens (primary N) is 1. The van der Waals surface area contributed by atoms with Crippen molar-refractivity contribution < 1.29 is 9.94 Å². The van der Waals surface area contributed by atoms with Gasteiger partial charge in [0.25, 0.3) is 0 Å². The summed E-state index contributed by atoms with van der Waals surface area (Å²) in [6.45, 7) is 3.44. The largest absolute Gasteiger partial charge is 0.409 e. The monoisotopic (exact) mass is 268 g/mol. The Hall–Kier alpha value is -1.34. The molecule has 6 nitrogen and oxygen atoms in total. The molecule has 7 heteroatoms. The van der Waals surface area contributed by atoms with Crippen molar-refractivity contribution in [2.24, 2.45) is 10.9 Å². The summed E-state index contributed by atoms with van der Waals surface area (Å²) >= 11 is 1.63. The van der Waals surface area contributed by atoms with Gasteiger partial charge in [-0.25, -0.2) is 9.97 Å². The van der Waals surface area contributed by atoms with Gasteiger partial charge in [-0.2, -0.15) is 0 Å². The van der Waals surface area contributed by atoms with Crippen LogP contribution in [-0.4, -0.2) is 39.5 Å². The molecule has 0 amide bonds. The molecular weight excluding hydrogens is 252 g/mol. The maximum atomic E-state index is 8.67. The predicted molar refractivity (Wildman–Crippen MR) is 69.0 cm³/mol. The van der Waals surface area contributed by atoms with Crippen LogP contribution < -0.4 is 5.73 Å². The molecule has 0 aromatic carbocycles. The molecule has 0 spiro atoms. The number of aryl methyl sites for hydroxylation is 1. The van der Waals surface area contributed by atoms with Gasteiger partial charge in [0.15, 0.2) is 11.0 Å². The van der Waals surface area contributed by atoms with E-state index >= 15 is 0 Å². The molecule has 2 rings (SSSR count). The Kier molecular flexibility index (Phi) is 4.38. The highest BCUT2D eigenvalue weighted by molar-refractivity contribution is 7.99. The molecule has 3 N–H and O–H groups in total. The normalized spacial score (nSPS) is 17.9. The molecule has 1 aromatic heterocycles. The van der Waals surface area contributed by atoms with Crippen molar-refractivity contribution in [1.29, 1.82) is 0 Å². The minimum absolute atomic E-state index is 0.00864. The van der Waals surface area contributed by atoms with E-state index in [1.54, 1.807) is 17.8 Å². The van der Waals surface area contributed by atoms with E-state index in [4.69, 9.17) is 15.7 Å². The maximum absolute atomic E-state index is 8.67. The number of ether oxygens (including phenoxy) is 1. The highest BCUT2D eigenvalue weighted by atomic mass is 32.2. The van der Waals surface area contributed by atoms with E-state index in [2.05, 4.69) is 15.1 Å². The van der Waals surface area contributed by atoms with Crippen molar-refractivity contribution in [3.05, 3.63) is 17.5 Å². The fourth-order valence-electron chi connectivity index (χ4n) is 1.72. The van der Waals surface area contributed by atoms with Gasteiger partial charge in [-0.05, 0) is 25.8 Å². The minimum atomic E-state index is 0.00864. The van der Waals surface area contributed by atoms with E-state index in [-0.39, 0.29) is 5.84 Å². The number of hydrogen-bond donors (Lipinski definition) is 2. The molecule has 0 bridgehead atoms. The Bertz CT molecular complexity index is 447. The minimum Gasteiger partial charge on any atom is -0.409 e. The van der Waals surface area contributed by atoms with Crippen LogP contribution in [0.15, 0.2) is 16.4 Å². The molecule has 1 fully saturated rings. The Morgan fingerprint density at radius 1 is 1.50 bits per heavy atom. The molecule has 0 radical (unpaired) electrons. The molecule has 2 heterocycles. The molecular formula is C11H16N4O2S. The van der Waals surface area contributed by atoms with E-state index < -0.39 is 0 Å². The summed E-state index contributed by atoms with van der Waals surface area (Å²) in [6, 6.07) is 1.70. The quantitative estimate of drug-likeness (QED) is 0.281. The highest BCUT2D eigenvalue weighted by Gasteiger charge is 2.17. The second-order valence-corrected chi connectivity index (χ2v) is 5.36. The molecule has 18 heavy (non-hydrogen) atoms. The van der Waals surface area contributed by atoms with E-state index in [1.807, 2.05) is 6.92 Å². The smallest absolute Gasteiger partial charge is 0.188 e. The number of aromatic nitrogens is 2. The van der Waals surface area contributed by atoms with Gasteiger partial charge >= 0.3 is 0 Å². The van der Waals surface area contributed by atoms with Crippen molar-refractivity contribution in [3.63, 3.8) is 0 Å². The lowest BCUT2D eigenvalue weighted by Gasteiger charge is -2.20. The summed E-state index contributed by atoms with van der Waals surface area (Å²) in [5.74, 6) is 0.00864. The fourth-order valence-corrected chi connectivity index (χ4v) is 2.79. The van der Waals surface area contributed by atoms with Crippen LogP contribution in [0, 0.1) is 6.92 Å². The third-order valence-corrected chi connectivity index (χ3v) is 3.84. The second-order valence-electron chi connectivity index (χ2n) is 4.09. The number of nitrogens with zero attached hydrogens (tertiary/aromatic N) is 3. The maximum Gasteiger partial charge on any atom is 0.188 e. The average Bonchev–Trinajstić information content (AvgIpc) is 2.38. The SMILES string of the molecule is Cc1cc(/C(N)=N/O)nc(SC2CCOCC2)n1. The van der Waals surface area contributed by atoms with Crippen LogP contribution in [0.1, 0.15) is 24.2 Å². The van der Waals surface area contributed by atoms with Crippen LogP contribution in [0.4, 0.5) is 0 Å². The highest BCUT2D eigenvalue weighted by Crippen LogP contribution is 2.27. The average molecular weight is 268 g/mol. The van der Waals surface area contributed by atoms with Gasteiger partial charge in [-0.3, -0.25) is 0 Å². The Morgan fingerprint density at radius 3 is 2.89 bits per heavy atom. The lowest BCUT2D eigenvalue weighted by Crippen LogP contribution is -2.19. The molecule has 1 saturated heterocycles. The number of thioether (sulfide) groups is 1. The lowest BCUT2D eigenvalue weighted by molar-refractivity contribution is 0.1000. The lowest BCUT2D eigenvalue weighted by atomic mass is 10.2. The third kappa shape index (κ3) is 3.33. The topological polar surface area (TPSA) is 93.6 Å². The second kappa shape index (κ2) is 6.01. The summed E-state index contributed by atoms with van der Waals surface area (Å²) in [7, 11) is 0. The van der Waals surface area contributed by atoms with Crippen LogP contribution in [0.2, 0.25) is 0 Å². The van der Waals surface area contributed by atoms with Crippen LogP contribution in [0.3, 0.4) is 0 Å². The van der Waals surface area contributed by atoms with Crippen LogP contribution >= 0.6 is 11.8 Å². The van der Waals surface area contributed by atoms with Crippen molar-refractivity contribution in [3.8, 4) is 0 Å². The molecule has 98 valence electrons. The first-order valence-corrected chi connectivity index (χ1v) is 6.65. The number of amidine groups is 1. The summed E-state index contributed by atoms with van der Waals surface area (Å²) in [5.41, 5.74) is 6.81. The van der Waals surface area contributed by atoms with Crippen molar-refractivity contribution in [2.75, 3.05) is 13.2 Å². The van der Waals surface area contributed by atoms with Gasteiger partial charge in [0.1, 0.15) is 5.69 Å². The van der Waals surface area contributed by atoms with Crippen molar-refractivity contribution >= 4 is 17.6 Å².